The molecule has 1 aliphatic heterocycles. The van der Waals surface area contributed by atoms with Gasteiger partial charge in [0.15, 0.2) is 0 Å². The molecule has 1 aromatic carbocycles. The van der Waals surface area contributed by atoms with Crippen LogP contribution in [0.5, 0.6) is 0 Å². The first-order valence-electron chi connectivity index (χ1n) is 5.92. The SMILES string of the molecule is CSCc1cccc(CN2CCS(=O)CC2)c1. The van der Waals surface area contributed by atoms with Crippen LogP contribution in [-0.2, 0) is 23.1 Å². The highest BCUT2D eigenvalue weighted by Crippen LogP contribution is 2.14. The second-order valence-electron chi connectivity index (χ2n) is 4.38. The second-order valence-corrected chi connectivity index (χ2v) is 6.94. The Labute approximate surface area is 110 Å². The number of nitrogens with zero attached hydrogens (tertiary/aromatic N) is 1. The van der Waals surface area contributed by atoms with Crippen LogP contribution in [-0.4, -0.2) is 40.0 Å². The van der Waals surface area contributed by atoms with Crippen molar-refractivity contribution in [3.63, 3.8) is 0 Å². The minimum atomic E-state index is -0.571. The summed E-state index contributed by atoms with van der Waals surface area (Å²) >= 11 is 1.86. The predicted octanol–water partition coefficient (Wildman–Crippen LogP) is 2.11. The van der Waals surface area contributed by atoms with Gasteiger partial charge < -0.3 is 0 Å². The van der Waals surface area contributed by atoms with Crippen molar-refractivity contribution >= 4 is 22.6 Å². The smallest absolute Gasteiger partial charge is 0.0363 e. The number of rotatable bonds is 4. The second kappa shape index (κ2) is 6.57. The van der Waals surface area contributed by atoms with Gasteiger partial charge in [0, 0.05) is 47.7 Å². The van der Waals surface area contributed by atoms with E-state index in [1.165, 1.54) is 11.1 Å². The molecule has 2 rings (SSSR count). The van der Waals surface area contributed by atoms with Crippen molar-refractivity contribution in [2.75, 3.05) is 30.9 Å². The summed E-state index contributed by atoms with van der Waals surface area (Å²) in [7, 11) is -0.571. The summed E-state index contributed by atoms with van der Waals surface area (Å²) in [6.45, 7) is 2.94. The molecule has 0 amide bonds. The van der Waals surface area contributed by atoms with Crippen molar-refractivity contribution in [2.45, 2.75) is 12.3 Å². The van der Waals surface area contributed by atoms with Gasteiger partial charge in [-0.3, -0.25) is 9.11 Å². The highest BCUT2D eigenvalue weighted by Gasteiger charge is 2.14. The molecule has 1 aromatic rings. The van der Waals surface area contributed by atoms with Gasteiger partial charge in [0.1, 0.15) is 0 Å². The first-order chi connectivity index (χ1) is 8.28. The molecule has 0 radical (unpaired) electrons. The zero-order chi connectivity index (χ0) is 12.1. The van der Waals surface area contributed by atoms with E-state index in [0.717, 1.165) is 36.9 Å². The molecule has 1 saturated heterocycles. The van der Waals surface area contributed by atoms with Crippen LogP contribution in [0.25, 0.3) is 0 Å². The van der Waals surface area contributed by atoms with Crippen LogP contribution in [0.15, 0.2) is 24.3 Å². The van der Waals surface area contributed by atoms with Crippen LogP contribution >= 0.6 is 11.8 Å². The Balaban J connectivity index is 1.93. The Bertz CT molecular complexity index is 385. The molecule has 1 aliphatic rings. The summed E-state index contributed by atoms with van der Waals surface area (Å²) in [4.78, 5) is 2.40. The highest BCUT2D eigenvalue weighted by molar-refractivity contribution is 7.97. The third-order valence-electron chi connectivity index (χ3n) is 2.98. The minimum absolute atomic E-state index is 0.571. The third kappa shape index (κ3) is 4.12. The van der Waals surface area contributed by atoms with E-state index in [1.807, 2.05) is 11.8 Å². The van der Waals surface area contributed by atoms with Crippen molar-refractivity contribution < 1.29 is 4.21 Å². The van der Waals surface area contributed by atoms with Gasteiger partial charge in [0.05, 0.1) is 0 Å². The van der Waals surface area contributed by atoms with E-state index in [0.29, 0.717) is 0 Å². The van der Waals surface area contributed by atoms with Gasteiger partial charge in [-0.15, -0.1) is 0 Å². The van der Waals surface area contributed by atoms with E-state index in [4.69, 9.17) is 0 Å². The lowest BCUT2D eigenvalue weighted by atomic mass is 10.1. The summed E-state index contributed by atoms with van der Waals surface area (Å²) in [6.07, 6.45) is 2.13. The Hall–Kier alpha value is -0.320. The molecular weight excluding hydrogens is 250 g/mol. The van der Waals surface area contributed by atoms with E-state index in [1.54, 1.807) is 0 Å². The molecule has 0 aromatic heterocycles. The first-order valence-corrected chi connectivity index (χ1v) is 8.80. The largest absolute Gasteiger partial charge is 0.297 e. The molecule has 94 valence electrons. The molecule has 2 nitrogen and oxygen atoms in total. The van der Waals surface area contributed by atoms with Crippen LogP contribution in [0, 0.1) is 0 Å². The number of hydrogen-bond acceptors (Lipinski definition) is 3. The van der Waals surface area contributed by atoms with Crippen molar-refractivity contribution in [2.24, 2.45) is 0 Å². The quantitative estimate of drug-likeness (QED) is 0.835. The fourth-order valence-corrected chi connectivity index (χ4v) is 3.72. The Kier molecular flexibility index (Phi) is 5.07. The molecule has 4 heteroatoms. The van der Waals surface area contributed by atoms with Crippen molar-refractivity contribution in [3.05, 3.63) is 35.4 Å². The maximum Gasteiger partial charge on any atom is 0.0363 e. The average Bonchev–Trinajstić information content (AvgIpc) is 2.33. The Morgan fingerprint density at radius 1 is 1.29 bits per heavy atom. The standard InChI is InChI=1S/C13H19NOS2/c1-16-11-13-4-2-3-12(9-13)10-14-5-7-17(15)8-6-14/h2-4,9H,5-8,10-11H2,1H3. The molecular formula is C13H19NOS2. The van der Waals surface area contributed by atoms with Crippen molar-refractivity contribution in [3.8, 4) is 0 Å². The van der Waals surface area contributed by atoms with Crippen LogP contribution in [0.1, 0.15) is 11.1 Å². The minimum Gasteiger partial charge on any atom is -0.297 e. The van der Waals surface area contributed by atoms with Crippen LogP contribution in [0.2, 0.25) is 0 Å². The van der Waals surface area contributed by atoms with Gasteiger partial charge in [0.2, 0.25) is 0 Å². The van der Waals surface area contributed by atoms with Gasteiger partial charge in [-0.2, -0.15) is 11.8 Å². The zero-order valence-electron chi connectivity index (χ0n) is 10.2. The highest BCUT2D eigenvalue weighted by atomic mass is 32.2. The molecule has 0 N–H and O–H groups in total. The molecule has 1 fully saturated rings. The predicted molar refractivity (Wildman–Crippen MR) is 76.8 cm³/mol. The van der Waals surface area contributed by atoms with E-state index < -0.39 is 10.8 Å². The van der Waals surface area contributed by atoms with E-state index in [2.05, 4.69) is 35.4 Å². The lowest BCUT2D eigenvalue weighted by Gasteiger charge is -2.26. The molecule has 17 heavy (non-hydrogen) atoms. The number of benzene rings is 1. The molecule has 0 aliphatic carbocycles. The monoisotopic (exact) mass is 269 g/mol. The summed E-state index contributed by atoms with van der Waals surface area (Å²) in [5.41, 5.74) is 2.78. The zero-order valence-corrected chi connectivity index (χ0v) is 11.9. The maximum atomic E-state index is 11.3. The van der Waals surface area contributed by atoms with E-state index >= 15 is 0 Å². The molecule has 0 bridgehead atoms. The van der Waals surface area contributed by atoms with Crippen molar-refractivity contribution in [1.29, 1.82) is 0 Å². The Morgan fingerprint density at radius 3 is 2.71 bits per heavy atom. The lowest BCUT2D eigenvalue weighted by molar-refractivity contribution is 0.291. The fourth-order valence-electron chi connectivity index (χ4n) is 2.08. The summed E-state index contributed by atoms with van der Waals surface area (Å²) in [5, 5.41) is 0. The van der Waals surface area contributed by atoms with Gasteiger partial charge in [-0.05, 0) is 17.4 Å². The molecule has 0 saturated carbocycles. The normalized spacial score (nSPS) is 18.4. The van der Waals surface area contributed by atoms with Gasteiger partial charge in [-0.25, -0.2) is 0 Å². The van der Waals surface area contributed by atoms with Crippen molar-refractivity contribution in [1.82, 2.24) is 4.90 Å². The van der Waals surface area contributed by atoms with Gasteiger partial charge >= 0.3 is 0 Å². The lowest BCUT2D eigenvalue weighted by Crippen LogP contribution is -2.37. The number of thioether (sulfide) groups is 1. The summed E-state index contributed by atoms with van der Waals surface area (Å²) in [5.74, 6) is 2.76. The third-order valence-corrected chi connectivity index (χ3v) is 4.88. The fraction of sp³-hybridized carbons (Fsp3) is 0.538. The Morgan fingerprint density at radius 2 is 2.00 bits per heavy atom. The maximum absolute atomic E-state index is 11.3. The summed E-state index contributed by atoms with van der Waals surface area (Å²) in [6, 6.07) is 8.81. The molecule has 1 heterocycles. The first kappa shape index (κ1) is 13.1. The molecule has 0 unspecified atom stereocenters. The average molecular weight is 269 g/mol. The molecule has 0 atom stereocenters. The molecule has 0 spiro atoms. The van der Waals surface area contributed by atoms with Crippen LogP contribution in [0.4, 0.5) is 0 Å². The van der Waals surface area contributed by atoms with Crippen LogP contribution in [0.3, 0.4) is 0 Å². The van der Waals surface area contributed by atoms with Crippen LogP contribution < -0.4 is 0 Å². The summed E-state index contributed by atoms with van der Waals surface area (Å²) < 4.78 is 11.3. The van der Waals surface area contributed by atoms with E-state index in [-0.39, 0.29) is 0 Å². The number of hydrogen-bond donors (Lipinski definition) is 0. The van der Waals surface area contributed by atoms with E-state index in [9.17, 15) is 4.21 Å². The topological polar surface area (TPSA) is 20.3 Å². The van der Waals surface area contributed by atoms with Gasteiger partial charge in [-0.1, -0.05) is 24.3 Å². The van der Waals surface area contributed by atoms with Gasteiger partial charge in [0.25, 0.3) is 0 Å².